The molecule has 2 fully saturated rings. The molecule has 212 valence electrons. The Hall–Kier alpha value is -2.53. The number of methoxy groups -OCH3 is 1. The van der Waals surface area contributed by atoms with Crippen LogP contribution in [0.25, 0.3) is 0 Å². The Balaban J connectivity index is 1.96. The van der Waals surface area contributed by atoms with E-state index in [9.17, 15) is 19.5 Å². The van der Waals surface area contributed by atoms with Gasteiger partial charge < -0.3 is 34.1 Å². The Morgan fingerprint density at radius 1 is 1.18 bits per heavy atom. The Morgan fingerprint density at radius 2 is 1.89 bits per heavy atom. The van der Waals surface area contributed by atoms with Gasteiger partial charge in [0.05, 0.1) is 32.8 Å². The van der Waals surface area contributed by atoms with Gasteiger partial charge in [0.25, 0.3) is 0 Å². The zero-order valence-corrected chi connectivity index (χ0v) is 22.9. The summed E-state index contributed by atoms with van der Waals surface area (Å²) in [6.45, 7) is 6.83. The maximum absolute atomic E-state index is 13.3. The molecule has 0 aromatic heterocycles. The zero-order chi connectivity index (χ0) is 27.9. The molecule has 0 unspecified atom stereocenters. The van der Waals surface area contributed by atoms with Crippen LogP contribution in [-0.4, -0.2) is 79.0 Å². The molecule has 6 atom stereocenters. The fourth-order valence-electron chi connectivity index (χ4n) is 5.45. The predicted molar refractivity (Wildman–Crippen MR) is 137 cm³/mol. The lowest BCUT2D eigenvalue weighted by Gasteiger charge is -2.49. The Morgan fingerprint density at radius 3 is 2.47 bits per heavy atom. The van der Waals surface area contributed by atoms with Crippen LogP contribution in [0.2, 0.25) is 0 Å². The summed E-state index contributed by atoms with van der Waals surface area (Å²) in [6.07, 6.45) is -1.51. The van der Waals surface area contributed by atoms with Gasteiger partial charge in [0.1, 0.15) is 18.3 Å². The number of aliphatic hydroxyl groups excluding tert-OH is 1. The van der Waals surface area contributed by atoms with Crippen molar-refractivity contribution in [2.24, 2.45) is 5.92 Å². The monoisotopic (exact) mass is 535 g/mol. The number of aliphatic hydroxyl groups is 1. The van der Waals surface area contributed by atoms with Crippen LogP contribution < -0.4 is 5.32 Å². The molecule has 1 aromatic rings. The van der Waals surface area contributed by atoms with E-state index >= 15 is 0 Å². The first kappa shape index (κ1) is 30.0. The molecular formula is C28H41NO9. The van der Waals surface area contributed by atoms with Crippen molar-refractivity contribution in [2.75, 3.05) is 20.3 Å². The number of amides is 1. The lowest BCUT2D eigenvalue weighted by molar-refractivity contribution is -0.230. The number of ether oxygens (including phenoxy) is 5. The molecule has 0 saturated carbocycles. The molecule has 1 amide bonds. The highest BCUT2D eigenvalue weighted by Crippen LogP contribution is 2.42. The second kappa shape index (κ2) is 13.0. The normalized spacial score (nSPS) is 29.3. The van der Waals surface area contributed by atoms with Gasteiger partial charge in [-0.05, 0) is 57.9 Å². The highest BCUT2D eigenvalue weighted by molar-refractivity contribution is 5.80. The summed E-state index contributed by atoms with van der Waals surface area (Å²) >= 11 is 0. The fourth-order valence-corrected chi connectivity index (χ4v) is 5.45. The van der Waals surface area contributed by atoms with Gasteiger partial charge in [-0.2, -0.15) is 0 Å². The van der Waals surface area contributed by atoms with E-state index in [2.05, 4.69) is 5.32 Å². The standard InChI is InChI=1S/C28H41NO9/c1-6-35-22(31)15-20-16-28(26(33)34-5,14-10-13-19-11-8-7-9-12-19)38-25(23(20)29-18(2)30)24(32)21-17-36-27(3,4)37-21/h7-9,11-12,20-21,23-25,32H,6,10,13-17H2,1-5H3,(H,29,30)/t20-,21+,23+,24+,25+,28+/m0/s1. The second-order valence-electron chi connectivity index (χ2n) is 10.5. The second-order valence-corrected chi connectivity index (χ2v) is 10.5. The molecule has 10 heteroatoms. The maximum Gasteiger partial charge on any atom is 0.338 e. The molecule has 2 heterocycles. The molecule has 0 spiro atoms. The molecule has 0 aliphatic carbocycles. The minimum absolute atomic E-state index is 0.0731. The largest absolute Gasteiger partial charge is 0.467 e. The number of aryl methyl sites for hydroxylation is 1. The van der Waals surface area contributed by atoms with Crippen molar-refractivity contribution in [3.63, 3.8) is 0 Å². The fraction of sp³-hybridized carbons (Fsp3) is 0.679. The number of hydrogen-bond acceptors (Lipinski definition) is 9. The number of nitrogens with one attached hydrogen (secondary N) is 1. The van der Waals surface area contributed by atoms with Crippen molar-refractivity contribution in [3.05, 3.63) is 35.9 Å². The van der Waals surface area contributed by atoms with E-state index < -0.39 is 53.6 Å². The van der Waals surface area contributed by atoms with Crippen LogP contribution in [0.4, 0.5) is 0 Å². The first-order valence-electron chi connectivity index (χ1n) is 13.2. The van der Waals surface area contributed by atoms with Gasteiger partial charge in [0, 0.05) is 6.92 Å². The minimum atomic E-state index is -1.45. The van der Waals surface area contributed by atoms with E-state index in [4.69, 9.17) is 23.7 Å². The van der Waals surface area contributed by atoms with Gasteiger partial charge in [0.15, 0.2) is 11.4 Å². The van der Waals surface area contributed by atoms with Crippen LogP contribution in [0.5, 0.6) is 0 Å². The number of rotatable bonds is 11. The Kier molecular flexibility index (Phi) is 10.3. The summed E-state index contributed by atoms with van der Waals surface area (Å²) in [5, 5.41) is 14.3. The molecule has 0 bridgehead atoms. The Labute approximate surface area is 224 Å². The van der Waals surface area contributed by atoms with E-state index in [1.54, 1.807) is 20.8 Å². The average Bonchev–Trinajstić information content (AvgIpc) is 3.24. The number of benzene rings is 1. The minimum Gasteiger partial charge on any atom is -0.467 e. The molecule has 1 aromatic carbocycles. The van der Waals surface area contributed by atoms with Crippen LogP contribution >= 0.6 is 0 Å². The molecule has 3 rings (SSSR count). The summed E-state index contributed by atoms with van der Waals surface area (Å²) < 4.78 is 28.4. The van der Waals surface area contributed by atoms with Crippen LogP contribution in [-0.2, 0) is 44.5 Å². The third-order valence-electron chi connectivity index (χ3n) is 7.11. The van der Waals surface area contributed by atoms with Crippen molar-refractivity contribution in [1.29, 1.82) is 0 Å². The van der Waals surface area contributed by atoms with E-state index in [-0.39, 0.29) is 38.4 Å². The number of carbonyl (C=O) groups is 3. The molecule has 10 nitrogen and oxygen atoms in total. The highest BCUT2D eigenvalue weighted by atomic mass is 16.7. The van der Waals surface area contributed by atoms with Crippen LogP contribution in [0, 0.1) is 5.92 Å². The third kappa shape index (κ3) is 7.53. The van der Waals surface area contributed by atoms with Crippen molar-refractivity contribution in [1.82, 2.24) is 5.32 Å². The number of esters is 2. The van der Waals surface area contributed by atoms with E-state index in [1.807, 2.05) is 30.3 Å². The van der Waals surface area contributed by atoms with Crippen LogP contribution in [0.3, 0.4) is 0 Å². The molecule has 38 heavy (non-hydrogen) atoms. The smallest absolute Gasteiger partial charge is 0.338 e. The molecule has 2 aliphatic rings. The van der Waals surface area contributed by atoms with Gasteiger partial charge >= 0.3 is 11.9 Å². The van der Waals surface area contributed by atoms with Gasteiger partial charge in [-0.25, -0.2) is 4.79 Å². The van der Waals surface area contributed by atoms with Crippen molar-refractivity contribution in [2.45, 2.75) is 95.5 Å². The van der Waals surface area contributed by atoms with E-state index in [1.165, 1.54) is 14.0 Å². The predicted octanol–water partition coefficient (Wildman–Crippen LogP) is 2.30. The number of carbonyl (C=O) groups excluding carboxylic acids is 3. The zero-order valence-electron chi connectivity index (χ0n) is 22.9. The molecule has 0 radical (unpaired) electrons. The first-order valence-corrected chi connectivity index (χ1v) is 13.2. The first-order chi connectivity index (χ1) is 18.0. The lowest BCUT2D eigenvalue weighted by atomic mass is 9.74. The molecular weight excluding hydrogens is 494 g/mol. The van der Waals surface area contributed by atoms with Crippen molar-refractivity contribution < 1.29 is 43.2 Å². The Bertz CT molecular complexity index is 953. The van der Waals surface area contributed by atoms with Gasteiger partial charge in [0.2, 0.25) is 5.91 Å². The summed E-state index contributed by atoms with van der Waals surface area (Å²) in [5.41, 5.74) is -0.339. The van der Waals surface area contributed by atoms with Crippen LogP contribution in [0.1, 0.15) is 58.9 Å². The van der Waals surface area contributed by atoms with Gasteiger partial charge in [-0.3, -0.25) is 9.59 Å². The van der Waals surface area contributed by atoms with E-state index in [0.29, 0.717) is 12.8 Å². The maximum atomic E-state index is 13.3. The van der Waals surface area contributed by atoms with Crippen molar-refractivity contribution >= 4 is 17.8 Å². The van der Waals surface area contributed by atoms with Gasteiger partial charge in [-0.1, -0.05) is 30.3 Å². The third-order valence-corrected chi connectivity index (χ3v) is 7.11. The number of hydrogen-bond donors (Lipinski definition) is 2. The molecule has 2 N–H and O–H groups in total. The highest BCUT2D eigenvalue weighted by Gasteiger charge is 2.56. The van der Waals surface area contributed by atoms with Crippen molar-refractivity contribution in [3.8, 4) is 0 Å². The summed E-state index contributed by atoms with van der Waals surface area (Å²) in [5.74, 6) is -2.90. The quantitative estimate of drug-likeness (QED) is 0.410. The molecule has 2 aliphatic heterocycles. The SMILES string of the molecule is CCOC(=O)C[C@H]1C[C@](CCCc2ccccc2)(C(=O)OC)O[C@@H]([C@H](O)[C@H]2COC(C)(C)O2)[C@@H]1NC(C)=O. The topological polar surface area (TPSA) is 130 Å². The summed E-state index contributed by atoms with van der Waals surface area (Å²) in [4.78, 5) is 38.2. The van der Waals surface area contributed by atoms with Crippen LogP contribution in [0.15, 0.2) is 30.3 Å². The lowest BCUT2D eigenvalue weighted by Crippen LogP contribution is -2.65. The summed E-state index contributed by atoms with van der Waals surface area (Å²) in [6, 6.07) is 9.07. The van der Waals surface area contributed by atoms with Gasteiger partial charge in [-0.15, -0.1) is 0 Å². The average molecular weight is 536 g/mol. The molecule has 2 saturated heterocycles. The summed E-state index contributed by atoms with van der Waals surface area (Å²) in [7, 11) is 1.28. The van der Waals surface area contributed by atoms with E-state index in [0.717, 1.165) is 5.56 Å².